The summed E-state index contributed by atoms with van der Waals surface area (Å²) >= 11 is 0. The number of nitrogens with one attached hydrogen (secondary N) is 1. The molecular weight excluding hydrogens is 338 g/mol. The molecule has 5 nitrogen and oxygen atoms in total. The van der Waals surface area contributed by atoms with Crippen molar-refractivity contribution in [1.82, 2.24) is 14.9 Å². The minimum Gasteiger partial charge on any atom is -0.344 e. The van der Waals surface area contributed by atoms with Gasteiger partial charge in [-0.3, -0.25) is 14.2 Å². The van der Waals surface area contributed by atoms with Crippen LogP contribution in [0.1, 0.15) is 42.9 Å². The van der Waals surface area contributed by atoms with Crippen LogP contribution in [0.4, 0.5) is 0 Å². The van der Waals surface area contributed by atoms with Crippen LogP contribution in [-0.2, 0) is 11.2 Å². The molecule has 1 aliphatic rings. The Kier molecular flexibility index (Phi) is 4.30. The second-order valence-corrected chi connectivity index (χ2v) is 7.60. The van der Waals surface area contributed by atoms with Gasteiger partial charge in [-0.15, -0.1) is 0 Å². The number of aromatic nitrogens is 2. The Bertz CT molecular complexity index is 1070. The zero-order valence-corrected chi connectivity index (χ0v) is 15.8. The maximum Gasteiger partial charge on any atom is 0.262 e. The lowest BCUT2D eigenvalue weighted by Crippen LogP contribution is -2.50. The van der Waals surface area contributed by atoms with Crippen LogP contribution in [0.25, 0.3) is 10.9 Å². The number of carbonyl (C=O) groups is 1. The van der Waals surface area contributed by atoms with Gasteiger partial charge in [0.25, 0.3) is 5.56 Å². The van der Waals surface area contributed by atoms with Crippen molar-refractivity contribution in [2.45, 2.75) is 39.3 Å². The zero-order chi connectivity index (χ0) is 19.1. The highest BCUT2D eigenvalue weighted by atomic mass is 16.2. The van der Waals surface area contributed by atoms with Gasteiger partial charge in [0.15, 0.2) is 0 Å². The minimum absolute atomic E-state index is 0.00950. The fourth-order valence-electron chi connectivity index (χ4n) is 3.82. The number of aryl methyl sites for hydroxylation is 1. The van der Waals surface area contributed by atoms with Crippen LogP contribution in [0.3, 0.4) is 0 Å². The monoisotopic (exact) mass is 361 g/mol. The molecule has 2 aromatic carbocycles. The molecule has 2 atom stereocenters. The van der Waals surface area contributed by atoms with Crippen molar-refractivity contribution in [1.29, 1.82) is 0 Å². The summed E-state index contributed by atoms with van der Waals surface area (Å²) in [6, 6.07) is 14.7. The number of nitrogens with zero attached hydrogens (tertiary/aromatic N) is 2. The van der Waals surface area contributed by atoms with Crippen LogP contribution < -0.4 is 10.9 Å². The molecule has 5 heteroatoms. The van der Waals surface area contributed by atoms with Crippen molar-refractivity contribution >= 4 is 16.8 Å². The first-order valence-electron chi connectivity index (χ1n) is 9.33. The van der Waals surface area contributed by atoms with E-state index in [9.17, 15) is 9.59 Å². The molecule has 0 bridgehead atoms. The van der Waals surface area contributed by atoms with E-state index in [0.29, 0.717) is 23.1 Å². The number of fused-ring (bicyclic) bond motifs is 2. The second kappa shape index (κ2) is 6.65. The lowest BCUT2D eigenvalue weighted by atomic mass is 9.96. The van der Waals surface area contributed by atoms with Crippen molar-refractivity contribution in [3.05, 3.63) is 75.8 Å². The fourth-order valence-corrected chi connectivity index (χ4v) is 3.82. The Labute approximate surface area is 158 Å². The largest absolute Gasteiger partial charge is 0.344 e. The maximum atomic E-state index is 13.2. The SMILES string of the molecule is Cc1ccc(C[C@@H]2NC(=O)[C@H](C(C)C)n3c2nc2ccccc2c3=O)cc1. The van der Waals surface area contributed by atoms with Gasteiger partial charge >= 0.3 is 0 Å². The lowest BCUT2D eigenvalue weighted by molar-refractivity contribution is -0.128. The minimum atomic E-state index is -0.543. The van der Waals surface area contributed by atoms with Crippen LogP contribution >= 0.6 is 0 Å². The standard InChI is InChI=1S/C22H23N3O2/c1-13(2)19-21(26)24-18(12-15-10-8-14(3)9-11-15)20-23-17-7-5-4-6-16(17)22(27)25(19)20/h4-11,13,18-19H,12H2,1-3H3,(H,24,26)/t18-,19-/m0/s1. The van der Waals surface area contributed by atoms with Gasteiger partial charge in [-0.25, -0.2) is 4.98 Å². The molecular formula is C22H23N3O2. The molecule has 2 heterocycles. The van der Waals surface area contributed by atoms with Gasteiger partial charge in [-0.05, 0) is 37.0 Å². The molecule has 0 saturated heterocycles. The average molecular weight is 361 g/mol. The van der Waals surface area contributed by atoms with Gasteiger partial charge < -0.3 is 5.32 Å². The Morgan fingerprint density at radius 2 is 1.78 bits per heavy atom. The Balaban J connectivity index is 1.89. The number of hydrogen-bond acceptors (Lipinski definition) is 3. The summed E-state index contributed by atoms with van der Waals surface area (Å²) < 4.78 is 1.62. The summed E-state index contributed by atoms with van der Waals surface area (Å²) in [7, 11) is 0. The molecule has 1 aromatic heterocycles. The van der Waals surface area contributed by atoms with Crippen LogP contribution in [0.2, 0.25) is 0 Å². The summed E-state index contributed by atoms with van der Waals surface area (Å²) in [5.41, 5.74) is 2.81. The molecule has 3 aromatic rings. The number of benzene rings is 2. The Morgan fingerprint density at radius 3 is 2.48 bits per heavy atom. The third-order valence-corrected chi connectivity index (χ3v) is 5.20. The molecule has 0 saturated carbocycles. The van der Waals surface area contributed by atoms with Gasteiger partial charge in [-0.1, -0.05) is 55.8 Å². The van der Waals surface area contributed by atoms with Crippen LogP contribution in [0.5, 0.6) is 0 Å². The second-order valence-electron chi connectivity index (χ2n) is 7.60. The van der Waals surface area contributed by atoms with E-state index in [4.69, 9.17) is 4.98 Å². The molecule has 0 unspecified atom stereocenters. The molecule has 4 rings (SSSR count). The van der Waals surface area contributed by atoms with Gasteiger partial charge in [0.2, 0.25) is 5.91 Å². The number of rotatable bonds is 3. The van der Waals surface area contributed by atoms with E-state index < -0.39 is 6.04 Å². The first-order valence-corrected chi connectivity index (χ1v) is 9.33. The van der Waals surface area contributed by atoms with E-state index in [1.807, 2.05) is 39.0 Å². The van der Waals surface area contributed by atoms with Crippen molar-refractivity contribution in [2.24, 2.45) is 5.92 Å². The zero-order valence-electron chi connectivity index (χ0n) is 15.8. The molecule has 0 spiro atoms. The van der Waals surface area contributed by atoms with Gasteiger partial charge in [0.05, 0.1) is 16.9 Å². The lowest BCUT2D eigenvalue weighted by Gasteiger charge is -2.34. The van der Waals surface area contributed by atoms with Crippen molar-refractivity contribution in [3.8, 4) is 0 Å². The molecule has 1 amide bonds. The van der Waals surface area contributed by atoms with Gasteiger partial charge in [0.1, 0.15) is 11.9 Å². The van der Waals surface area contributed by atoms with E-state index in [2.05, 4.69) is 29.6 Å². The van der Waals surface area contributed by atoms with Crippen molar-refractivity contribution < 1.29 is 4.79 Å². The fraction of sp³-hybridized carbons (Fsp3) is 0.318. The molecule has 0 aliphatic carbocycles. The average Bonchev–Trinajstić information content (AvgIpc) is 2.64. The Morgan fingerprint density at radius 1 is 1.07 bits per heavy atom. The third-order valence-electron chi connectivity index (χ3n) is 5.20. The van der Waals surface area contributed by atoms with Crippen molar-refractivity contribution in [2.75, 3.05) is 0 Å². The highest BCUT2D eigenvalue weighted by molar-refractivity contribution is 5.84. The number of carbonyl (C=O) groups excluding carboxylic acids is 1. The third kappa shape index (κ3) is 3.03. The van der Waals surface area contributed by atoms with E-state index in [-0.39, 0.29) is 23.4 Å². The molecule has 1 aliphatic heterocycles. The highest BCUT2D eigenvalue weighted by Gasteiger charge is 2.37. The molecule has 0 fully saturated rings. The summed E-state index contributed by atoms with van der Waals surface area (Å²) in [5, 5.41) is 3.65. The normalized spacial score (nSPS) is 19.2. The predicted octanol–water partition coefficient (Wildman–Crippen LogP) is 3.32. The highest BCUT2D eigenvalue weighted by Crippen LogP contribution is 2.29. The summed E-state index contributed by atoms with van der Waals surface area (Å²) in [6.07, 6.45) is 0.599. The maximum absolute atomic E-state index is 13.2. The molecule has 27 heavy (non-hydrogen) atoms. The van der Waals surface area contributed by atoms with Crippen LogP contribution in [-0.4, -0.2) is 15.5 Å². The topological polar surface area (TPSA) is 64.0 Å². The van der Waals surface area contributed by atoms with E-state index in [0.717, 1.165) is 5.56 Å². The van der Waals surface area contributed by atoms with E-state index in [1.165, 1.54) is 5.56 Å². The van der Waals surface area contributed by atoms with E-state index in [1.54, 1.807) is 10.6 Å². The quantitative estimate of drug-likeness (QED) is 0.778. The van der Waals surface area contributed by atoms with Crippen LogP contribution in [0, 0.1) is 12.8 Å². The number of para-hydroxylation sites is 1. The first-order chi connectivity index (χ1) is 13.0. The van der Waals surface area contributed by atoms with Gasteiger partial charge in [-0.2, -0.15) is 0 Å². The van der Waals surface area contributed by atoms with E-state index >= 15 is 0 Å². The Hall–Kier alpha value is -2.95. The predicted molar refractivity (Wildman–Crippen MR) is 106 cm³/mol. The smallest absolute Gasteiger partial charge is 0.262 e. The molecule has 138 valence electrons. The summed E-state index contributed by atoms with van der Waals surface area (Å²) in [4.78, 5) is 30.8. The van der Waals surface area contributed by atoms with Crippen LogP contribution in [0.15, 0.2) is 53.3 Å². The molecule has 1 N–H and O–H groups in total. The number of amides is 1. The molecule has 0 radical (unpaired) electrons. The van der Waals surface area contributed by atoms with Gasteiger partial charge in [0, 0.05) is 0 Å². The number of hydrogen-bond donors (Lipinski definition) is 1. The first kappa shape index (κ1) is 17.5. The van der Waals surface area contributed by atoms with Crippen molar-refractivity contribution in [3.63, 3.8) is 0 Å². The summed E-state index contributed by atoms with van der Waals surface area (Å²) in [5.74, 6) is 0.510. The summed E-state index contributed by atoms with van der Waals surface area (Å²) in [6.45, 7) is 5.95.